The number of pyridine rings is 1. The van der Waals surface area contributed by atoms with Gasteiger partial charge in [0.05, 0.1) is 6.61 Å². The normalized spacial score (nSPS) is 12.5. The molecule has 0 saturated heterocycles. The van der Waals surface area contributed by atoms with Gasteiger partial charge in [0.1, 0.15) is 5.82 Å². The van der Waals surface area contributed by atoms with Crippen molar-refractivity contribution in [1.82, 2.24) is 15.6 Å². The van der Waals surface area contributed by atoms with Gasteiger partial charge in [-0.05, 0) is 25.5 Å². The number of ether oxygens (including phenoxy) is 2. The Labute approximate surface area is 185 Å². The van der Waals surface area contributed by atoms with E-state index in [1.54, 1.807) is 26.8 Å². The molecule has 4 N–H and O–H groups in total. The number of halogens is 3. The van der Waals surface area contributed by atoms with Crippen LogP contribution in [0, 0.1) is 5.92 Å². The van der Waals surface area contributed by atoms with Crippen molar-refractivity contribution in [2.75, 3.05) is 13.2 Å². The smallest absolute Gasteiger partial charge is 0.422 e. The zero-order chi connectivity index (χ0) is 24.3. The molecule has 0 bridgehead atoms. The van der Waals surface area contributed by atoms with Crippen LogP contribution in [0.5, 0.6) is 11.8 Å². The van der Waals surface area contributed by atoms with Crippen molar-refractivity contribution in [3.8, 4) is 11.8 Å². The van der Waals surface area contributed by atoms with Crippen molar-refractivity contribution in [2.24, 2.45) is 11.7 Å². The molecule has 32 heavy (non-hydrogen) atoms. The van der Waals surface area contributed by atoms with Crippen LogP contribution in [0.3, 0.4) is 0 Å². The molecule has 178 valence electrons. The van der Waals surface area contributed by atoms with E-state index >= 15 is 0 Å². The third-order valence-corrected chi connectivity index (χ3v) is 3.81. The highest BCUT2D eigenvalue weighted by atomic mass is 19.4. The predicted octanol–water partition coefficient (Wildman–Crippen LogP) is 2.95. The molecule has 0 radical (unpaired) electrons. The van der Waals surface area contributed by atoms with Crippen LogP contribution >= 0.6 is 0 Å². The minimum absolute atomic E-state index is 0.00608. The zero-order valence-corrected chi connectivity index (χ0v) is 18.5. The average molecular weight is 458 g/mol. The lowest BCUT2D eigenvalue weighted by Crippen LogP contribution is -2.32. The van der Waals surface area contributed by atoms with Gasteiger partial charge < -0.3 is 25.8 Å². The molecule has 1 aromatic rings. The van der Waals surface area contributed by atoms with E-state index in [0.717, 1.165) is 0 Å². The van der Waals surface area contributed by atoms with E-state index in [0.29, 0.717) is 12.0 Å². The van der Waals surface area contributed by atoms with Crippen molar-refractivity contribution >= 4 is 11.8 Å². The SMILES string of the molecule is CC/C=C(\C=C(/N)NC(=O)C(C)C)C(=O)NCc1ccc(OCC(F)(F)F)nc1OCC. The Hall–Kier alpha value is -3.24. The summed E-state index contributed by atoms with van der Waals surface area (Å²) >= 11 is 0. The predicted molar refractivity (Wildman–Crippen MR) is 112 cm³/mol. The van der Waals surface area contributed by atoms with Gasteiger partial charge in [-0.1, -0.05) is 26.8 Å². The molecule has 0 aliphatic heterocycles. The maximum atomic E-state index is 12.6. The Kier molecular flexibility index (Phi) is 10.5. The second-order valence-electron chi connectivity index (χ2n) is 6.94. The van der Waals surface area contributed by atoms with Crippen molar-refractivity contribution < 1.29 is 32.2 Å². The lowest BCUT2D eigenvalue weighted by molar-refractivity contribution is -0.154. The summed E-state index contributed by atoms with van der Waals surface area (Å²) in [5, 5.41) is 5.19. The lowest BCUT2D eigenvalue weighted by atomic mass is 10.1. The van der Waals surface area contributed by atoms with E-state index < -0.39 is 18.7 Å². The molecular formula is C21H29F3N4O4. The monoisotopic (exact) mass is 458 g/mol. The van der Waals surface area contributed by atoms with E-state index in [2.05, 4.69) is 20.4 Å². The summed E-state index contributed by atoms with van der Waals surface area (Å²) in [5.74, 6) is -1.19. The number of carbonyl (C=O) groups is 2. The number of carbonyl (C=O) groups excluding carboxylic acids is 2. The third kappa shape index (κ3) is 9.71. The Bertz CT molecular complexity index is 852. The second-order valence-corrected chi connectivity index (χ2v) is 6.94. The van der Waals surface area contributed by atoms with E-state index in [4.69, 9.17) is 10.5 Å². The van der Waals surface area contributed by atoms with Gasteiger partial charge in [-0.15, -0.1) is 0 Å². The molecule has 2 amide bonds. The first kappa shape index (κ1) is 26.8. The molecule has 0 saturated carbocycles. The van der Waals surface area contributed by atoms with Gasteiger partial charge in [-0.2, -0.15) is 18.2 Å². The van der Waals surface area contributed by atoms with Crippen LogP contribution < -0.4 is 25.8 Å². The Balaban J connectivity index is 2.91. The fourth-order valence-electron chi connectivity index (χ4n) is 2.29. The number of hydrogen-bond acceptors (Lipinski definition) is 6. The van der Waals surface area contributed by atoms with Crippen LogP contribution in [0.1, 0.15) is 39.7 Å². The second kappa shape index (κ2) is 12.6. The zero-order valence-electron chi connectivity index (χ0n) is 18.5. The van der Waals surface area contributed by atoms with Gasteiger partial charge in [0.2, 0.25) is 17.7 Å². The summed E-state index contributed by atoms with van der Waals surface area (Å²) in [7, 11) is 0. The van der Waals surface area contributed by atoms with Gasteiger partial charge >= 0.3 is 6.18 Å². The molecule has 0 unspecified atom stereocenters. The number of nitrogens with one attached hydrogen (secondary N) is 2. The van der Waals surface area contributed by atoms with E-state index in [1.165, 1.54) is 18.2 Å². The highest BCUT2D eigenvalue weighted by Gasteiger charge is 2.28. The first-order chi connectivity index (χ1) is 15.0. The lowest BCUT2D eigenvalue weighted by Gasteiger charge is -2.14. The molecular weight excluding hydrogens is 429 g/mol. The Morgan fingerprint density at radius 1 is 1.22 bits per heavy atom. The highest BCUT2D eigenvalue weighted by Crippen LogP contribution is 2.22. The molecule has 11 heteroatoms. The molecule has 0 fully saturated rings. The van der Waals surface area contributed by atoms with Crippen LogP contribution in [0.4, 0.5) is 13.2 Å². The van der Waals surface area contributed by atoms with Gasteiger partial charge in [-0.3, -0.25) is 9.59 Å². The molecule has 0 atom stereocenters. The van der Waals surface area contributed by atoms with Crippen molar-refractivity contribution in [3.63, 3.8) is 0 Å². The molecule has 0 spiro atoms. The van der Waals surface area contributed by atoms with Crippen molar-refractivity contribution in [2.45, 2.75) is 46.8 Å². The largest absolute Gasteiger partial charge is 0.478 e. The number of allylic oxidation sites excluding steroid dienone is 1. The number of alkyl halides is 3. The van der Waals surface area contributed by atoms with E-state index in [1.807, 2.05) is 6.92 Å². The minimum atomic E-state index is -4.49. The summed E-state index contributed by atoms with van der Waals surface area (Å²) in [6.07, 6.45) is -0.956. The number of rotatable bonds is 11. The molecule has 0 aromatic carbocycles. The summed E-state index contributed by atoms with van der Waals surface area (Å²) in [6, 6.07) is 2.72. The van der Waals surface area contributed by atoms with Crippen molar-refractivity contribution in [3.05, 3.63) is 41.2 Å². The molecule has 1 rings (SSSR count). The summed E-state index contributed by atoms with van der Waals surface area (Å²) in [6.45, 7) is 5.67. The van der Waals surface area contributed by atoms with Crippen molar-refractivity contribution in [1.29, 1.82) is 0 Å². The van der Waals surface area contributed by atoms with Gasteiger partial charge in [0.15, 0.2) is 6.61 Å². The first-order valence-corrected chi connectivity index (χ1v) is 10.0. The molecule has 1 aromatic heterocycles. The van der Waals surface area contributed by atoms with E-state index in [-0.39, 0.29) is 48.1 Å². The first-order valence-electron chi connectivity index (χ1n) is 10.0. The molecule has 0 aliphatic carbocycles. The standard InChI is InChI=1S/C21H29F3N4O4/c1-5-7-14(10-16(25)27-18(29)13(3)4)19(30)26-11-15-8-9-17(28-20(15)31-6-2)32-12-21(22,23)24/h7-10,13H,5-6,11-12,25H2,1-4H3,(H,26,30)(H,27,29)/b14-7+,16-10+. The maximum Gasteiger partial charge on any atom is 0.422 e. The Morgan fingerprint density at radius 2 is 1.91 bits per heavy atom. The molecule has 0 aliphatic rings. The summed E-state index contributed by atoms with van der Waals surface area (Å²) in [5.41, 5.74) is 6.50. The van der Waals surface area contributed by atoms with Gasteiger partial charge in [0.25, 0.3) is 5.91 Å². The highest BCUT2D eigenvalue weighted by molar-refractivity contribution is 5.96. The van der Waals surface area contributed by atoms with Crippen LogP contribution in [-0.2, 0) is 16.1 Å². The quantitative estimate of drug-likeness (QED) is 0.347. The van der Waals surface area contributed by atoms with E-state index in [9.17, 15) is 22.8 Å². The third-order valence-electron chi connectivity index (χ3n) is 3.81. The van der Waals surface area contributed by atoms with Crippen LogP contribution in [-0.4, -0.2) is 36.2 Å². The van der Waals surface area contributed by atoms with Gasteiger partial charge in [0, 0.05) is 29.7 Å². The fraction of sp³-hybridized carbons (Fsp3) is 0.476. The molecule has 1 heterocycles. The van der Waals surface area contributed by atoms with Crippen LogP contribution in [0.25, 0.3) is 0 Å². The number of nitrogens with two attached hydrogens (primary N) is 1. The topological polar surface area (TPSA) is 116 Å². The van der Waals surface area contributed by atoms with Crippen LogP contribution in [0.15, 0.2) is 35.7 Å². The number of aromatic nitrogens is 1. The minimum Gasteiger partial charge on any atom is -0.478 e. The average Bonchev–Trinajstić information content (AvgIpc) is 2.70. The Morgan fingerprint density at radius 3 is 2.47 bits per heavy atom. The molecule has 8 nitrogen and oxygen atoms in total. The van der Waals surface area contributed by atoms with Gasteiger partial charge in [-0.25, -0.2) is 0 Å². The fourth-order valence-corrected chi connectivity index (χ4v) is 2.29. The number of nitrogens with zero attached hydrogens (tertiary/aromatic N) is 1. The van der Waals surface area contributed by atoms with Crippen LogP contribution in [0.2, 0.25) is 0 Å². The number of amides is 2. The summed E-state index contributed by atoms with van der Waals surface area (Å²) < 4.78 is 47.0. The summed E-state index contributed by atoms with van der Waals surface area (Å²) in [4.78, 5) is 28.3. The maximum absolute atomic E-state index is 12.6. The number of hydrogen-bond donors (Lipinski definition) is 3.